The molecule has 0 saturated heterocycles. The number of hydrogen-bond acceptors (Lipinski definition) is 2. The quantitative estimate of drug-likeness (QED) is 0.878. The van der Waals surface area contributed by atoms with Crippen molar-refractivity contribution in [1.82, 2.24) is 5.32 Å². The third-order valence-electron chi connectivity index (χ3n) is 2.62. The zero-order chi connectivity index (χ0) is 12.4. The summed E-state index contributed by atoms with van der Waals surface area (Å²) in [5, 5.41) is 5.91. The molecule has 0 radical (unpaired) electrons. The van der Waals surface area contributed by atoms with Gasteiger partial charge in [0.15, 0.2) is 0 Å². The van der Waals surface area contributed by atoms with Crippen LogP contribution >= 0.6 is 11.3 Å². The van der Waals surface area contributed by atoms with Crippen LogP contribution in [-0.4, -0.2) is 12.6 Å². The van der Waals surface area contributed by atoms with Crippen LogP contribution in [0.3, 0.4) is 0 Å². The fraction of sp³-hybridized carbons (Fsp3) is 0.385. The van der Waals surface area contributed by atoms with Gasteiger partial charge in [0, 0.05) is 17.5 Å². The summed E-state index contributed by atoms with van der Waals surface area (Å²) >= 11 is 1.34. The van der Waals surface area contributed by atoms with Crippen molar-refractivity contribution in [2.75, 3.05) is 6.54 Å². The molecule has 92 valence electrons. The largest absolute Gasteiger partial charge is 0.314 e. The van der Waals surface area contributed by atoms with Crippen molar-refractivity contribution in [2.45, 2.75) is 26.3 Å². The van der Waals surface area contributed by atoms with Crippen LogP contribution in [0.5, 0.6) is 0 Å². The Balaban J connectivity index is 2.23. The van der Waals surface area contributed by atoms with Gasteiger partial charge in [-0.3, -0.25) is 0 Å². The van der Waals surface area contributed by atoms with Crippen molar-refractivity contribution in [2.24, 2.45) is 0 Å². The van der Waals surface area contributed by atoms with Crippen molar-refractivity contribution in [3.05, 3.63) is 34.7 Å². The van der Waals surface area contributed by atoms with E-state index < -0.39 is 11.6 Å². The molecule has 1 nitrogen and oxygen atoms in total. The Labute approximate surface area is 103 Å². The molecule has 0 fully saturated rings. The molecule has 4 heteroatoms. The minimum Gasteiger partial charge on any atom is -0.314 e. The number of fused-ring (bicyclic) bond motifs is 1. The summed E-state index contributed by atoms with van der Waals surface area (Å²) in [6, 6.07) is 2.78. The van der Waals surface area contributed by atoms with Crippen LogP contribution in [-0.2, 0) is 6.42 Å². The molecule has 1 N–H and O–H groups in total. The highest BCUT2D eigenvalue weighted by molar-refractivity contribution is 7.17. The minimum atomic E-state index is -0.508. The predicted molar refractivity (Wildman–Crippen MR) is 68.6 cm³/mol. The van der Waals surface area contributed by atoms with Crippen molar-refractivity contribution >= 4 is 21.4 Å². The molecule has 2 rings (SSSR count). The van der Waals surface area contributed by atoms with E-state index in [1.807, 2.05) is 5.38 Å². The molecule has 0 unspecified atom stereocenters. The Morgan fingerprint density at radius 1 is 1.29 bits per heavy atom. The second kappa shape index (κ2) is 5.10. The molecule has 0 aliphatic heterocycles. The minimum absolute atomic E-state index is 0.424. The fourth-order valence-electron chi connectivity index (χ4n) is 1.80. The van der Waals surface area contributed by atoms with Crippen molar-refractivity contribution in [1.29, 1.82) is 0 Å². The number of thiophene rings is 1. The Morgan fingerprint density at radius 3 is 2.76 bits per heavy atom. The third-order valence-corrected chi connectivity index (χ3v) is 3.67. The van der Waals surface area contributed by atoms with Gasteiger partial charge in [-0.05, 0) is 30.0 Å². The monoisotopic (exact) mass is 255 g/mol. The molecule has 0 aliphatic carbocycles. The maximum Gasteiger partial charge on any atom is 0.143 e. The predicted octanol–water partition coefficient (Wildman–Crippen LogP) is 3.72. The first kappa shape index (κ1) is 12.5. The fourth-order valence-corrected chi connectivity index (χ4v) is 2.79. The number of rotatable bonds is 4. The summed E-state index contributed by atoms with van der Waals surface area (Å²) in [5.74, 6) is -0.973. The van der Waals surface area contributed by atoms with Crippen LogP contribution < -0.4 is 5.32 Å². The lowest BCUT2D eigenvalue weighted by Gasteiger charge is -2.07. The zero-order valence-corrected chi connectivity index (χ0v) is 10.7. The van der Waals surface area contributed by atoms with E-state index in [1.54, 1.807) is 0 Å². The van der Waals surface area contributed by atoms with Crippen molar-refractivity contribution in [3.63, 3.8) is 0 Å². The molecule has 0 saturated carbocycles. The molecule has 17 heavy (non-hydrogen) atoms. The highest BCUT2D eigenvalue weighted by Gasteiger charge is 2.10. The highest BCUT2D eigenvalue weighted by atomic mass is 32.1. The first-order valence-corrected chi connectivity index (χ1v) is 6.54. The molecule has 1 heterocycles. The Hall–Kier alpha value is -1.00. The molecule has 0 aliphatic rings. The third kappa shape index (κ3) is 2.82. The number of benzene rings is 1. The molecule has 0 spiro atoms. The molecule has 0 amide bonds. The van der Waals surface area contributed by atoms with Crippen molar-refractivity contribution in [3.8, 4) is 0 Å². The van der Waals surface area contributed by atoms with Gasteiger partial charge in [-0.25, -0.2) is 8.78 Å². The van der Waals surface area contributed by atoms with Gasteiger partial charge in [0.1, 0.15) is 11.6 Å². The Kier molecular flexibility index (Phi) is 3.74. The number of hydrogen-bond donors (Lipinski definition) is 1. The first-order valence-electron chi connectivity index (χ1n) is 5.66. The summed E-state index contributed by atoms with van der Waals surface area (Å²) in [6.45, 7) is 4.97. The normalized spacial score (nSPS) is 11.6. The molecule has 2 aromatic rings. The van der Waals surface area contributed by atoms with E-state index >= 15 is 0 Å². The van der Waals surface area contributed by atoms with E-state index in [-0.39, 0.29) is 0 Å². The lowest BCUT2D eigenvalue weighted by molar-refractivity contribution is 0.588. The van der Waals surface area contributed by atoms with Gasteiger partial charge in [-0.2, -0.15) is 0 Å². The van der Waals surface area contributed by atoms with E-state index in [0.717, 1.165) is 24.6 Å². The van der Waals surface area contributed by atoms with E-state index in [0.29, 0.717) is 16.1 Å². The average molecular weight is 255 g/mol. The highest BCUT2D eigenvalue weighted by Crippen LogP contribution is 2.29. The van der Waals surface area contributed by atoms with Gasteiger partial charge in [-0.1, -0.05) is 13.8 Å². The summed E-state index contributed by atoms with van der Waals surface area (Å²) in [7, 11) is 0. The lowest BCUT2D eigenvalue weighted by atomic mass is 10.1. The molecule has 0 bridgehead atoms. The first-order chi connectivity index (χ1) is 8.08. The van der Waals surface area contributed by atoms with Crippen LogP contribution in [0.25, 0.3) is 10.1 Å². The van der Waals surface area contributed by atoms with E-state index in [2.05, 4.69) is 19.2 Å². The van der Waals surface area contributed by atoms with Gasteiger partial charge in [0.2, 0.25) is 0 Å². The second-order valence-electron chi connectivity index (χ2n) is 4.38. The summed E-state index contributed by atoms with van der Waals surface area (Å²) in [4.78, 5) is 0. The lowest BCUT2D eigenvalue weighted by Crippen LogP contribution is -2.24. The molecular formula is C13H15F2NS. The van der Waals surface area contributed by atoms with Gasteiger partial charge in [-0.15, -0.1) is 11.3 Å². The van der Waals surface area contributed by atoms with Crippen LogP contribution in [0.2, 0.25) is 0 Å². The van der Waals surface area contributed by atoms with Gasteiger partial charge in [0.05, 0.1) is 4.70 Å². The summed E-state index contributed by atoms with van der Waals surface area (Å²) in [6.07, 6.45) is 0.793. The zero-order valence-electron chi connectivity index (χ0n) is 9.89. The molecular weight excluding hydrogens is 240 g/mol. The van der Waals surface area contributed by atoms with Gasteiger partial charge < -0.3 is 5.32 Å². The Bertz CT molecular complexity index is 519. The summed E-state index contributed by atoms with van der Waals surface area (Å²) in [5.41, 5.74) is 1.01. The molecule has 1 aromatic carbocycles. The van der Waals surface area contributed by atoms with Crippen LogP contribution in [0.4, 0.5) is 8.78 Å². The SMILES string of the molecule is CC(C)NCCc1csc2c(F)cc(F)cc12. The second-order valence-corrected chi connectivity index (χ2v) is 5.26. The number of halogens is 2. The topological polar surface area (TPSA) is 12.0 Å². The Morgan fingerprint density at radius 2 is 2.06 bits per heavy atom. The van der Waals surface area contributed by atoms with E-state index in [4.69, 9.17) is 0 Å². The number of nitrogens with one attached hydrogen (secondary N) is 1. The van der Waals surface area contributed by atoms with Gasteiger partial charge >= 0.3 is 0 Å². The smallest absolute Gasteiger partial charge is 0.143 e. The molecule has 1 aromatic heterocycles. The van der Waals surface area contributed by atoms with Crippen LogP contribution in [0.15, 0.2) is 17.5 Å². The standard InChI is InChI=1S/C13H15F2NS/c1-8(2)16-4-3-9-7-17-13-11(9)5-10(14)6-12(13)15/h5-8,16H,3-4H2,1-2H3. The van der Waals surface area contributed by atoms with E-state index in [1.165, 1.54) is 17.4 Å². The van der Waals surface area contributed by atoms with Crippen LogP contribution in [0, 0.1) is 11.6 Å². The average Bonchev–Trinajstić information content (AvgIpc) is 2.61. The van der Waals surface area contributed by atoms with Crippen molar-refractivity contribution < 1.29 is 8.78 Å². The molecule has 0 atom stereocenters. The van der Waals surface area contributed by atoms with Gasteiger partial charge in [0.25, 0.3) is 0 Å². The van der Waals surface area contributed by atoms with E-state index in [9.17, 15) is 8.78 Å². The maximum absolute atomic E-state index is 13.5. The van der Waals surface area contributed by atoms with Crippen LogP contribution in [0.1, 0.15) is 19.4 Å². The maximum atomic E-state index is 13.5. The summed E-state index contributed by atoms with van der Waals surface area (Å²) < 4.78 is 27.2.